The van der Waals surface area contributed by atoms with E-state index in [0.717, 1.165) is 43.9 Å². The molecule has 6 fully saturated rings. The van der Waals surface area contributed by atoms with Gasteiger partial charge >= 0.3 is 0 Å². The van der Waals surface area contributed by atoms with Crippen LogP contribution in [0.5, 0.6) is 0 Å². The molecule has 0 spiro atoms. The van der Waals surface area contributed by atoms with Crippen LogP contribution in [0.4, 0.5) is 0 Å². The molecule has 6 rings (SSSR count). The number of hydrogen-bond donors (Lipinski definition) is 2. The maximum atomic E-state index is 12.6. The molecule has 6 aliphatic rings. The highest BCUT2D eigenvalue weighted by atomic mass is 35.5. The molecule has 4 bridgehead atoms. The zero-order chi connectivity index (χ0) is 17.0. The second-order valence-electron chi connectivity index (χ2n) is 9.85. The van der Waals surface area contributed by atoms with Crippen LogP contribution in [0.3, 0.4) is 0 Å². The number of nitrogens with zero attached hydrogens (tertiary/aromatic N) is 1. The highest BCUT2D eigenvalue weighted by Crippen LogP contribution is 2.61. The Morgan fingerprint density at radius 2 is 1.50 bits per heavy atom. The number of hydrogen-bond acceptors (Lipinski definition) is 3. The van der Waals surface area contributed by atoms with Gasteiger partial charge in [0.2, 0.25) is 11.8 Å². The fourth-order valence-corrected chi connectivity index (χ4v) is 7.25. The van der Waals surface area contributed by atoms with Crippen molar-refractivity contribution in [3.05, 3.63) is 0 Å². The Kier molecular flexibility index (Phi) is 4.98. The van der Waals surface area contributed by atoms with Crippen molar-refractivity contribution in [3.63, 3.8) is 0 Å². The Balaban J connectivity index is 0.00000168. The van der Waals surface area contributed by atoms with Gasteiger partial charge in [0.15, 0.2) is 0 Å². The fraction of sp³-hybridized carbons (Fsp3) is 0.900. The minimum absolute atomic E-state index is 0. The summed E-state index contributed by atoms with van der Waals surface area (Å²) in [4.78, 5) is 26.9. The summed E-state index contributed by atoms with van der Waals surface area (Å²) in [6.07, 6.45) is 8.63. The maximum absolute atomic E-state index is 12.6. The molecule has 2 saturated heterocycles. The van der Waals surface area contributed by atoms with Crippen molar-refractivity contribution in [2.75, 3.05) is 32.7 Å². The summed E-state index contributed by atoms with van der Waals surface area (Å²) in [6, 6.07) is 0. The summed E-state index contributed by atoms with van der Waals surface area (Å²) in [5, 5.41) is 6.35. The average Bonchev–Trinajstić information content (AvgIpc) is 3.12. The molecule has 2 heterocycles. The van der Waals surface area contributed by atoms with Crippen LogP contribution in [0.1, 0.15) is 44.9 Å². The zero-order valence-corrected chi connectivity index (χ0v) is 16.4. The van der Waals surface area contributed by atoms with Crippen molar-refractivity contribution >= 4 is 24.2 Å². The van der Waals surface area contributed by atoms with Crippen molar-refractivity contribution in [2.45, 2.75) is 44.9 Å². The van der Waals surface area contributed by atoms with Gasteiger partial charge in [-0.05, 0) is 73.5 Å². The molecule has 0 radical (unpaired) electrons. The van der Waals surface area contributed by atoms with Crippen molar-refractivity contribution in [1.82, 2.24) is 15.5 Å². The molecule has 2 amide bonds. The minimum Gasteiger partial charge on any atom is -0.347 e. The molecule has 4 aliphatic carbocycles. The van der Waals surface area contributed by atoms with E-state index in [9.17, 15) is 9.59 Å². The number of nitrogens with one attached hydrogen (secondary N) is 2. The molecule has 6 heteroatoms. The molecule has 146 valence electrons. The normalized spacial score (nSPS) is 42.5. The van der Waals surface area contributed by atoms with E-state index in [1.165, 1.54) is 38.5 Å². The summed E-state index contributed by atoms with van der Waals surface area (Å²) in [6.45, 7) is 3.99. The highest BCUT2D eigenvalue weighted by molar-refractivity contribution is 5.85. The van der Waals surface area contributed by atoms with Crippen LogP contribution in [0, 0.1) is 35.0 Å². The predicted octanol–water partition coefficient (Wildman–Crippen LogP) is 1.81. The van der Waals surface area contributed by atoms with E-state index in [1.54, 1.807) is 0 Å². The smallest absolute Gasteiger partial charge is 0.241 e. The Morgan fingerprint density at radius 1 is 0.962 bits per heavy atom. The quantitative estimate of drug-likeness (QED) is 0.780. The number of fused-ring (bicyclic) bond motifs is 1. The summed E-state index contributed by atoms with van der Waals surface area (Å²) < 4.78 is 0. The van der Waals surface area contributed by atoms with E-state index < -0.39 is 0 Å². The molecule has 2 aliphatic heterocycles. The van der Waals surface area contributed by atoms with Gasteiger partial charge in [0.25, 0.3) is 0 Å². The summed E-state index contributed by atoms with van der Waals surface area (Å²) in [5.41, 5.74) is 0.262. The third-order valence-corrected chi connectivity index (χ3v) is 7.88. The first-order valence-corrected chi connectivity index (χ1v) is 10.3. The van der Waals surface area contributed by atoms with Crippen LogP contribution < -0.4 is 10.6 Å². The SMILES string of the molecule is Cl.O=C(CC12CC3CC(CC(C3)C1)C2)NCC(=O)N1C[C@H]2CNC[C@H]2C1. The van der Waals surface area contributed by atoms with E-state index in [0.29, 0.717) is 18.3 Å². The second kappa shape index (κ2) is 6.97. The Bertz CT molecular complexity index is 534. The van der Waals surface area contributed by atoms with Crippen molar-refractivity contribution in [3.8, 4) is 0 Å². The molecule has 0 aromatic heterocycles. The number of halogens is 1. The molecule has 0 unspecified atom stereocenters. The highest BCUT2D eigenvalue weighted by Gasteiger charge is 2.51. The standard InChI is InChI=1S/C20H31N3O2.ClH/c24-18(7-20-4-13-1-14(5-20)3-15(2-13)6-20)22-10-19(25)23-11-16-8-21-9-17(16)12-23;/h13-17,21H,1-12H2,(H,22,24);1H/t13?,14?,15?,16-,17+,20?;. The van der Waals surface area contributed by atoms with E-state index >= 15 is 0 Å². The predicted molar refractivity (Wildman–Crippen MR) is 102 cm³/mol. The van der Waals surface area contributed by atoms with Crippen LogP contribution in [0.15, 0.2) is 0 Å². The van der Waals surface area contributed by atoms with Crippen LogP contribution >= 0.6 is 12.4 Å². The molecule has 2 atom stereocenters. The van der Waals surface area contributed by atoms with Gasteiger partial charge < -0.3 is 15.5 Å². The summed E-state index contributed by atoms with van der Waals surface area (Å²) >= 11 is 0. The van der Waals surface area contributed by atoms with Crippen molar-refractivity contribution < 1.29 is 9.59 Å². The topological polar surface area (TPSA) is 61.4 Å². The number of carbonyl (C=O) groups is 2. The molecule has 26 heavy (non-hydrogen) atoms. The molecule has 0 aromatic carbocycles. The van der Waals surface area contributed by atoms with Crippen LogP contribution in [-0.2, 0) is 9.59 Å². The fourth-order valence-electron chi connectivity index (χ4n) is 7.25. The maximum Gasteiger partial charge on any atom is 0.241 e. The first-order valence-electron chi connectivity index (χ1n) is 10.3. The second-order valence-corrected chi connectivity index (χ2v) is 9.85. The molecule has 4 saturated carbocycles. The van der Waals surface area contributed by atoms with Gasteiger partial charge in [-0.25, -0.2) is 0 Å². The van der Waals surface area contributed by atoms with Gasteiger partial charge in [-0.3, -0.25) is 9.59 Å². The zero-order valence-electron chi connectivity index (χ0n) is 15.5. The summed E-state index contributed by atoms with van der Waals surface area (Å²) in [5.74, 6) is 4.07. The van der Waals surface area contributed by atoms with Gasteiger partial charge in [0.05, 0.1) is 6.54 Å². The number of likely N-dealkylation sites (tertiary alicyclic amines) is 1. The van der Waals surface area contributed by atoms with Crippen molar-refractivity contribution in [2.24, 2.45) is 35.0 Å². The molecule has 0 aromatic rings. The lowest BCUT2D eigenvalue weighted by molar-refractivity contribution is -0.135. The van der Waals surface area contributed by atoms with Crippen LogP contribution in [0.2, 0.25) is 0 Å². The minimum atomic E-state index is 0. The van der Waals surface area contributed by atoms with E-state index in [2.05, 4.69) is 10.6 Å². The Labute approximate surface area is 162 Å². The Morgan fingerprint density at radius 3 is 2.04 bits per heavy atom. The third-order valence-electron chi connectivity index (χ3n) is 7.88. The number of amides is 2. The van der Waals surface area contributed by atoms with Gasteiger partial charge in [0.1, 0.15) is 0 Å². The first-order chi connectivity index (χ1) is 12.1. The number of rotatable bonds is 4. The third kappa shape index (κ3) is 3.37. The Hall–Kier alpha value is -0.810. The summed E-state index contributed by atoms with van der Waals surface area (Å²) in [7, 11) is 0. The largest absolute Gasteiger partial charge is 0.347 e. The average molecular weight is 382 g/mol. The van der Waals surface area contributed by atoms with E-state index in [4.69, 9.17) is 0 Å². The van der Waals surface area contributed by atoms with Gasteiger partial charge in [-0.2, -0.15) is 0 Å². The van der Waals surface area contributed by atoms with Crippen LogP contribution in [0.25, 0.3) is 0 Å². The lowest BCUT2D eigenvalue weighted by Crippen LogP contribution is -2.48. The first kappa shape index (κ1) is 18.5. The molecule has 5 nitrogen and oxygen atoms in total. The molecular weight excluding hydrogens is 350 g/mol. The van der Waals surface area contributed by atoms with E-state index in [-0.39, 0.29) is 36.2 Å². The number of carbonyl (C=O) groups excluding carboxylic acids is 2. The van der Waals surface area contributed by atoms with Crippen molar-refractivity contribution in [1.29, 1.82) is 0 Å². The lowest BCUT2D eigenvalue weighted by atomic mass is 9.49. The molecular formula is C20H32ClN3O2. The lowest BCUT2D eigenvalue weighted by Gasteiger charge is -2.56. The van der Waals surface area contributed by atoms with E-state index in [1.807, 2.05) is 4.90 Å². The van der Waals surface area contributed by atoms with Gasteiger partial charge in [-0.1, -0.05) is 0 Å². The molecule has 2 N–H and O–H groups in total. The van der Waals surface area contributed by atoms with Crippen LogP contribution in [-0.4, -0.2) is 49.4 Å². The van der Waals surface area contributed by atoms with Gasteiger partial charge in [-0.15, -0.1) is 12.4 Å². The monoisotopic (exact) mass is 381 g/mol. The van der Waals surface area contributed by atoms with Gasteiger partial charge in [0, 0.05) is 32.6 Å².